The van der Waals surface area contributed by atoms with Gasteiger partial charge in [-0.1, -0.05) is 6.07 Å². The van der Waals surface area contributed by atoms with Crippen molar-refractivity contribution >= 4 is 5.69 Å². The zero-order valence-electron chi connectivity index (χ0n) is 12.3. The Hall–Kier alpha value is -1.09. The molecule has 2 aliphatic rings. The van der Waals surface area contributed by atoms with Crippen LogP contribution in [0.2, 0.25) is 0 Å². The van der Waals surface area contributed by atoms with Gasteiger partial charge in [-0.3, -0.25) is 0 Å². The second kappa shape index (κ2) is 5.72. The Morgan fingerprint density at radius 1 is 1.20 bits per heavy atom. The van der Waals surface area contributed by atoms with E-state index in [0.29, 0.717) is 0 Å². The highest BCUT2D eigenvalue weighted by Gasteiger charge is 2.30. The Bertz CT molecular complexity index is 450. The molecule has 2 aliphatic carbocycles. The second-order valence-corrected chi connectivity index (χ2v) is 6.76. The molecule has 3 rings (SSSR count). The fraction of sp³-hybridized carbons (Fsp3) is 0.647. The third-order valence-corrected chi connectivity index (χ3v) is 4.26. The Labute approximate surface area is 121 Å². The molecule has 1 aromatic carbocycles. The highest BCUT2D eigenvalue weighted by molar-refractivity contribution is 5.49. The summed E-state index contributed by atoms with van der Waals surface area (Å²) < 4.78 is 14.4. The molecule has 2 nitrogen and oxygen atoms in total. The molecule has 110 valence electrons. The van der Waals surface area contributed by atoms with E-state index in [0.717, 1.165) is 42.6 Å². The molecule has 2 N–H and O–H groups in total. The van der Waals surface area contributed by atoms with Crippen molar-refractivity contribution in [1.82, 2.24) is 0 Å². The summed E-state index contributed by atoms with van der Waals surface area (Å²) in [6.45, 7) is 4.01. The number of anilines is 1. The van der Waals surface area contributed by atoms with E-state index in [1.165, 1.54) is 25.7 Å². The molecule has 0 bridgehead atoms. The molecule has 0 spiro atoms. The number of hydrogen-bond acceptors (Lipinski definition) is 2. The molecule has 2 fully saturated rings. The first-order valence-electron chi connectivity index (χ1n) is 7.91. The van der Waals surface area contributed by atoms with E-state index in [1.54, 1.807) is 6.07 Å². The first kappa shape index (κ1) is 13.9. The predicted molar refractivity (Wildman–Crippen MR) is 81.4 cm³/mol. The van der Waals surface area contributed by atoms with Gasteiger partial charge in [0, 0.05) is 19.1 Å². The van der Waals surface area contributed by atoms with Crippen molar-refractivity contribution in [2.24, 2.45) is 17.6 Å². The highest BCUT2D eigenvalue weighted by Crippen LogP contribution is 2.36. The van der Waals surface area contributed by atoms with Crippen molar-refractivity contribution < 1.29 is 4.39 Å². The summed E-state index contributed by atoms with van der Waals surface area (Å²) in [7, 11) is 0. The molecule has 3 heteroatoms. The standard InChI is InChI=1S/C17H25FN2/c1-12(19)8-15-6-7-17(16(18)9-15)20(10-13-2-3-13)11-14-4-5-14/h6-7,9,12-14H,2-5,8,10-11,19H2,1H3. The van der Waals surface area contributed by atoms with Crippen LogP contribution >= 0.6 is 0 Å². The van der Waals surface area contributed by atoms with Crippen molar-refractivity contribution in [3.63, 3.8) is 0 Å². The molecular formula is C17H25FN2. The van der Waals surface area contributed by atoms with Crippen LogP contribution in [-0.4, -0.2) is 19.1 Å². The largest absolute Gasteiger partial charge is 0.369 e. The van der Waals surface area contributed by atoms with Crippen molar-refractivity contribution in [1.29, 1.82) is 0 Å². The number of nitrogens with zero attached hydrogens (tertiary/aromatic N) is 1. The number of nitrogens with two attached hydrogens (primary N) is 1. The Morgan fingerprint density at radius 2 is 1.80 bits per heavy atom. The first-order chi connectivity index (χ1) is 9.61. The number of halogens is 1. The number of hydrogen-bond donors (Lipinski definition) is 1. The van der Waals surface area contributed by atoms with E-state index in [9.17, 15) is 4.39 Å². The van der Waals surface area contributed by atoms with Crippen LogP contribution in [0.25, 0.3) is 0 Å². The normalized spacial score (nSPS) is 19.9. The monoisotopic (exact) mass is 276 g/mol. The fourth-order valence-corrected chi connectivity index (χ4v) is 2.80. The van der Waals surface area contributed by atoms with E-state index < -0.39 is 0 Å². The minimum absolute atomic E-state index is 0.0780. The smallest absolute Gasteiger partial charge is 0.146 e. The van der Waals surface area contributed by atoms with Gasteiger partial charge in [0.1, 0.15) is 5.82 Å². The van der Waals surface area contributed by atoms with E-state index in [-0.39, 0.29) is 11.9 Å². The van der Waals surface area contributed by atoms with Crippen LogP contribution in [0.3, 0.4) is 0 Å². The van der Waals surface area contributed by atoms with Crippen LogP contribution in [0.5, 0.6) is 0 Å². The topological polar surface area (TPSA) is 29.3 Å². The van der Waals surface area contributed by atoms with Gasteiger partial charge in [-0.2, -0.15) is 0 Å². The molecule has 0 aromatic heterocycles. The molecule has 0 radical (unpaired) electrons. The summed E-state index contributed by atoms with van der Waals surface area (Å²) >= 11 is 0. The summed E-state index contributed by atoms with van der Waals surface area (Å²) in [5, 5.41) is 0. The van der Waals surface area contributed by atoms with Gasteiger partial charge in [-0.15, -0.1) is 0 Å². The SMILES string of the molecule is CC(N)Cc1ccc(N(CC2CC2)CC2CC2)c(F)c1. The van der Waals surface area contributed by atoms with Gasteiger partial charge in [0.25, 0.3) is 0 Å². The van der Waals surface area contributed by atoms with Gasteiger partial charge in [-0.05, 0) is 68.6 Å². The summed E-state index contributed by atoms with van der Waals surface area (Å²) in [4.78, 5) is 2.28. The Balaban J connectivity index is 1.74. The van der Waals surface area contributed by atoms with E-state index >= 15 is 0 Å². The van der Waals surface area contributed by atoms with Crippen LogP contribution in [0, 0.1) is 17.7 Å². The minimum Gasteiger partial charge on any atom is -0.369 e. The maximum atomic E-state index is 14.4. The van der Waals surface area contributed by atoms with Crippen molar-refractivity contribution in [2.45, 2.75) is 45.1 Å². The van der Waals surface area contributed by atoms with Crippen molar-refractivity contribution in [2.75, 3.05) is 18.0 Å². The van der Waals surface area contributed by atoms with Gasteiger partial charge >= 0.3 is 0 Å². The van der Waals surface area contributed by atoms with E-state index in [1.807, 2.05) is 19.1 Å². The fourth-order valence-electron chi connectivity index (χ4n) is 2.80. The van der Waals surface area contributed by atoms with Gasteiger partial charge in [0.05, 0.1) is 5.69 Å². The molecule has 1 unspecified atom stereocenters. The second-order valence-electron chi connectivity index (χ2n) is 6.76. The lowest BCUT2D eigenvalue weighted by molar-refractivity contribution is 0.599. The summed E-state index contributed by atoms with van der Waals surface area (Å²) in [6, 6.07) is 5.74. The minimum atomic E-state index is -0.0792. The molecule has 0 amide bonds. The van der Waals surface area contributed by atoms with Gasteiger partial charge in [0.2, 0.25) is 0 Å². The Morgan fingerprint density at radius 3 is 2.25 bits per heavy atom. The van der Waals surface area contributed by atoms with Crippen LogP contribution < -0.4 is 10.6 Å². The lowest BCUT2D eigenvalue weighted by Crippen LogP contribution is -2.29. The average Bonchev–Trinajstić information content (AvgIpc) is 3.22. The lowest BCUT2D eigenvalue weighted by atomic mass is 10.1. The van der Waals surface area contributed by atoms with Crippen LogP contribution in [-0.2, 0) is 6.42 Å². The molecular weight excluding hydrogens is 251 g/mol. The van der Waals surface area contributed by atoms with Crippen molar-refractivity contribution in [3.05, 3.63) is 29.6 Å². The molecule has 0 heterocycles. The summed E-state index contributed by atoms with van der Waals surface area (Å²) in [6.07, 6.45) is 5.98. The Kier molecular flexibility index (Phi) is 3.97. The van der Waals surface area contributed by atoms with Crippen molar-refractivity contribution in [3.8, 4) is 0 Å². The average molecular weight is 276 g/mol. The molecule has 1 atom stereocenters. The maximum absolute atomic E-state index is 14.4. The van der Waals surface area contributed by atoms with Crippen LogP contribution in [0.15, 0.2) is 18.2 Å². The predicted octanol–water partition coefficient (Wildman–Crippen LogP) is 3.34. The third-order valence-electron chi connectivity index (χ3n) is 4.26. The van der Waals surface area contributed by atoms with Gasteiger partial charge in [0.15, 0.2) is 0 Å². The number of rotatable bonds is 7. The summed E-state index contributed by atoms with van der Waals surface area (Å²) in [5.74, 6) is 1.50. The first-order valence-corrected chi connectivity index (χ1v) is 7.91. The molecule has 0 aliphatic heterocycles. The zero-order chi connectivity index (χ0) is 14.1. The van der Waals surface area contributed by atoms with Gasteiger partial charge < -0.3 is 10.6 Å². The molecule has 20 heavy (non-hydrogen) atoms. The van der Waals surface area contributed by atoms with Gasteiger partial charge in [-0.25, -0.2) is 4.39 Å². The lowest BCUT2D eigenvalue weighted by Gasteiger charge is -2.25. The molecule has 2 saturated carbocycles. The van der Waals surface area contributed by atoms with E-state index in [2.05, 4.69) is 4.90 Å². The molecule has 0 saturated heterocycles. The number of benzene rings is 1. The van der Waals surface area contributed by atoms with Crippen LogP contribution in [0.4, 0.5) is 10.1 Å². The quantitative estimate of drug-likeness (QED) is 0.827. The zero-order valence-corrected chi connectivity index (χ0v) is 12.3. The molecule has 1 aromatic rings. The third kappa shape index (κ3) is 3.72. The highest BCUT2D eigenvalue weighted by atomic mass is 19.1. The van der Waals surface area contributed by atoms with E-state index in [4.69, 9.17) is 5.73 Å². The summed E-state index contributed by atoms with van der Waals surface area (Å²) in [5.41, 5.74) is 7.58. The maximum Gasteiger partial charge on any atom is 0.146 e. The van der Waals surface area contributed by atoms with Crippen LogP contribution in [0.1, 0.15) is 38.2 Å².